The molecular weight excluding hydrogens is 318 g/mol. The zero-order chi connectivity index (χ0) is 17.8. The molecule has 2 aromatic carbocycles. The van der Waals surface area contributed by atoms with Gasteiger partial charge in [0.2, 0.25) is 0 Å². The molecule has 1 aliphatic rings. The zero-order valence-electron chi connectivity index (χ0n) is 14.1. The molecule has 0 spiro atoms. The smallest absolute Gasteiger partial charge is 0.335 e. The van der Waals surface area contributed by atoms with Crippen LogP contribution in [0.3, 0.4) is 0 Å². The fraction of sp³-hybridized carbons (Fsp3) is 0.300. The van der Waals surface area contributed by atoms with Gasteiger partial charge >= 0.3 is 5.97 Å². The van der Waals surface area contributed by atoms with Crippen LogP contribution in [0, 0.1) is 0 Å². The summed E-state index contributed by atoms with van der Waals surface area (Å²) in [6.07, 6.45) is 0.191. The van der Waals surface area contributed by atoms with E-state index in [0.29, 0.717) is 19.7 Å². The van der Waals surface area contributed by atoms with Crippen molar-refractivity contribution in [2.45, 2.75) is 32.6 Å². The molecule has 0 aromatic heterocycles. The molecule has 0 radical (unpaired) electrons. The molecule has 5 nitrogen and oxygen atoms in total. The van der Waals surface area contributed by atoms with Crippen LogP contribution < -0.4 is 0 Å². The number of benzene rings is 2. The number of hydrogen-bond acceptors (Lipinski definition) is 3. The summed E-state index contributed by atoms with van der Waals surface area (Å²) < 4.78 is 5.71. The van der Waals surface area contributed by atoms with Crippen LogP contribution in [0.5, 0.6) is 0 Å². The van der Waals surface area contributed by atoms with Gasteiger partial charge in [0.1, 0.15) is 6.10 Å². The minimum absolute atomic E-state index is 0.0673. The molecule has 1 unspecified atom stereocenters. The Labute approximate surface area is 146 Å². The fourth-order valence-corrected chi connectivity index (χ4v) is 3.00. The molecule has 0 fully saturated rings. The maximum atomic E-state index is 12.6. The summed E-state index contributed by atoms with van der Waals surface area (Å²) >= 11 is 0. The second-order valence-electron chi connectivity index (χ2n) is 6.24. The van der Waals surface area contributed by atoms with E-state index in [4.69, 9.17) is 9.84 Å². The van der Waals surface area contributed by atoms with Crippen LogP contribution >= 0.6 is 0 Å². The van der Waals surface area contributed by atoms with E-state index in [1.54, 1.807) is 24.0 Å². The fourth-order valence-electron chi connectivity index (χ4n) is 3.00. The average Bonchev–Trinajstić information content (AvgIpc) is 2.65. The molecular formula is C20H21NO4. The lowest BCUT2D eigenvalue weighted by Crippen LogP contribution is -2.42. The van der Waals surface area contributed by atoms with E-state index in [1.807, 2.05) is 36.4 Å². The van der Waals surface area contributed by atoms with Crippen molar-refractivity contribution < 1.29 is 19.4 Å². The van der Waals surface area contributed by atoms with Gasteiger partial charge in [0, 0.05) is 13.1 Å². The Hall–Kier alpha value is -2.66. The van der Waals surface area contributed by atoms with Crippen molar-refractivity contribution >= 4 is 11.9 Å². The number of rotatable bonds is 5. The van der Waals surface area contributed by atoms with Gasteiger partial charge in [-0.1, -0.05) is 36.4 Å². The van der Waals surface area contributed by atoms with Gasteiger partial charge in [0.15, 0.2) is 0 Å². The highest BCUT2D eigenvalue weighted by atomic mass is 16.5. The molecule has 1 aliphatic heterocycles. The SMILES string of the molecule is CC(OCc1ccccc1)C(=O)N1CCc2ccc(C(=O)O)cc2C1. The standard InChI is InChI=1S/C20H21NO4/c1-14(25-13-15-5-3-2-4-6-15)19(22)21-10-9-16-7-8-17(20(23)24)11-18(16)12-21/h2-8,11,14H,9-10,12-13H2,1H3,(H,23,24). The van der Waals surface area contributed by atoms with Crippen LogP contribution in [0.2, 0.25) is 0 Å². The van der Waals surface area contributed by atoms with Crippen LogP contribution in [0.25, 0.3) is 0 Å². The van der Waals surface area contributed by atoms with Crippen LogP contribution in [0.1, 0.15) is 34.0 Å². The number of aromatic carboxylic acids is 1. The van der Waals surface area contributed by atoms with Gasteiger partial charge in [-0.25, -0.2) is 4.79 Å². The van der Waals surface area contributed by atoms with Gasteiger partial charge in [-0.2, -0.15) is 0 Å². The summed E-state index contributed by atoms with van der Waals surface area (Å²) in [6.45, 7) is 3.20. The molecule has 0 aliphatic carbocycles. The molecule has 0 bridgehead atoms. The van der Waals surface area contributed by atoms with Gasteiger partial charge < -0.3 is 14.7 Å². The Morgan fingerprint density at radius 2 is 1.92 bits per heavy atom. The molecule has 1 N–H and O–H groups in total. The number of carboxylic acid groups (broad SMARTS) is 1. The molecule has 130 valence electrons. The lowest BCUT2D eigenvalue weighted by Gasteiger charge is -2.31. The predicted octanol–water partition coefficient (Wildman–Crippen LogP) is 2.87. The van der Waals surface area contributed by atoms with E-state index in [1.165, 1.54) is 0 Å². The van der Waals surface area contributed by atoms with Crippen molar-refractivity contribution in [2.75, 3.05) is 6.54 Å². The maximum Gasteiger partial charge on any atom is 0.335 e. The first-order valence-electron chi connectivity index (χ1n) is 8.34. The number of nitrogens with zero attached hydrogens (tertiary/aromatic N) is 1. The molecule has 0 saturated heterocycles. The van der Waals surface area contributed by atoms with Gasteiger partial charge in [-0.05, 0) is 42.2 Å². The predicted molar refractivity (Wildman–Crippen MR) is 93.2 cm³/mol. The van der Waals surface area contributed by atoms with Crippen LogP contribution in [-0.4, -0.2) is 34.5 Å². The Bertz CT molecular complexity index is 773. The average molecular weight is 339 g/mol. The first-order chi connectivity index (χ1) is 12.0. The third-order valence-corrected chi connectivity index (χ3v) is 4.47. The van der Waals surface area contributed by atoms with Crippen molar-refractivity contribution in [3.63, 3.8) is 0 Å². The molecule has 1 atom stereocenters. The van der Waals surface area contributed by atoms with Crippen LogP contribution in [-0.2, 0) is 29.1 Å². The number of carbonyl (C=O) groups excluding carboxylic acids is 1. The first kappa shape index (κ1) is 17.2. The molecule has 5 heteroatoms. The van der Waals surface area contributed by atoms with Gasteiger partial charge in [0.05, 0.1) is 12.2 Å². The van der Waals surface area contributed by atoms with Crippen LogP contribution in [0.15, 0.2) is 48.5 Å². The highest BCUT2D eigenvalue weighted by molar-refractivity contribution is 5.88. The summed E-state index contributed by atoms with van der Waals surface area (Å²) in [5.41, 5.74) is 3.28. The molecule has 1 heterocycles. The second kappa shape index (κ2) is 7.49. The van der Waals surface area contributed by atoms with E-state index in [9.17, 15) is 9.59 Å². The minimum Gasteiger partial charge on any atom is -0.478 e. The normalized spacial score (nSPS) is 14.7. The summed E-state index contributed by atoms with van der Waals surface area (Å²) in [4.78, 5) is 25.5. The number of ether oxygens (including phenoxy) is 1. The molecule has 1 amide bonds. The Kier molecular flexibility index (Phi) is 5.14. The van der Waals surface area contributed by atoms with Crippen LogP contribution in [0.4, 0.5) is 0 Å². The van der Waals surface area contributed by atoms with Crippen molar-refractivity contribution in [1.29, 1.82) is 0 Å². The van der Waals surface area contributed by atoms with Crippen molar-refractivity contribution in [1.82, 2.24) is 4.90 Å². The number of fused-ring (bicyclic) bond motifs is 1. The van der Waals surface area contributed by atoms with Gasteiger partial charge in [-0.3, -0.25) is 4.79 Å². The largest absolute Gasteiger partial charge is 0.478 e. The van der Waals surface area contributed by atoms with Crippen molar-refractivity contribution in [3.05, 3.63) is 70.8 Å². The van der Waals surface area contributed by atoms with E-state index in [-0.39, 0.29) is 11.5 Å². The van der Waals surface area contributed by atoms with E-state index >= 15 is 0 Å². The van der Waals surface area contributed by atoms with Crippen molar-refractivity contribution in [3.8, 4) is 0 Å². The summed E-state index contributed by atoms with van der Waals surface area (Å²) in [5, 5.41) is 9.13. The summed E-state index contributed by atoms with van der Waals surface area (Å²) in [7, 11) is 0. The lowest BCUT2D eigenvalue weighted by atomic mass is 9.97. The number of hydrogen-bond donors (Lipinski definition) is 1. The topological polar surface area (TPSA) is 66.8 Å². The Balaban J connectivity index is 1.63. The first-order valence-corrected chi connectivity index (χ1v) is 8.34. The number of amides is 1. The van der Waals surface area contributed by atoms with E-state index in [0.717, 1.165) is 23.1 Å². The zero-order valence-corrected chi connectivity index (χ0v) is 14.1. The van der Waals surface area contributed by atoms with Gasteiger partial charge in [-0.15, -0.1) is 0 Å². The monoisotopic (exact) mass is 339 g/mol. The molecule has 2 aromatic rings. The van der Waals surface area contributed by atoms with E-state index in [2.05, 4.69) is 0 Å². The van der Waals surface area contributed by atoms with Crippen molar-refractivity contribution in [2.24, 2.45) is 0 Å². The third kappa shape index (κ3) is 4.06. The summed E-state index contributed by atoms with van der Waals surface area (Å²) in [6, 6.07) is 14.9. The lowest BCUT2D eigenvalue weighted by molar-refractivity contribution is -0.144. The highest BCUT2D eigenvalue weighted by Gasteiger charge is 2.25. The number of carbonyl (C=O) groups is 2. The molecule has 3 rings (SSSR count). The quantitative estimate of drug-likeness (QED) is 0.909. The Morgan fingerprint density at radius 1 is 1.16 bits per heavy atom. The Morgan fingerprint density at radius 3 is 2.64 bits per heavy atom. The maximum absolute atomic E-state index is 12.6. The van der Waals surface area contributed by atoms with E-state index < -0.39 is 12.1 Å². The minimum atomic E-state index is -0.953. The summed E-state index contributed by atoms with van der Waals surface area (Å²) in [5.74, 6) is -1.02. The second-order valence-corrected chi connectivity index (χ2v) is 6.24. The van der Waals surface area contributed by atoms with Gasteiger partial charge in [0.25, 0.3) is 5.91 Å². The molecule has 0 saturated carbocycles. The number of carboxylic acids is 1. The third-order valence-electron chi connectivity index (χ3n) is 4.47. The molecule has 25 heavy (non-hydrogen) atoms. The highest BCUT2D eigenvalue weighted by Crippen LogP contribution is 2.21.